The summed E-state index contributed by atoms with van der Waals surface area (Å²) in [5, 5.41) is 0. The maximum atomic E-state index is 3.17. The van der Waals surface area contributed by atoms with Crippen LogP contribution in [-0.2, 0) is 6.54 Å². The third kappa shape index (κ3) is 1.84. The average Bonchev–Trinajstić information content (AvgIpc) is 2.52. The van der Waals surface area contributed by atoms with E-state index in [0.29, 0.717) is 0 Å². The highest BCUT2D eigenvalue weighted by Crippen LogP contribution is 2.03. The molecule has 14 heavy (non-hydrogen) atoms. The van der Waals surface area contributed by atoms with E-state index in [2.05, 4.69) is 53.9 Å². The molecule has 0 saturated carbocycles. The predicted molar refractivity (Wildman–Crippen MR) is 56.0 cm³/mol. The van der Waals surface area contributed by atoms with E-state index >= 15 is 0 Å². The molecular weight excluding hydrogens is 172 g/mol. The van der Waals surface area contributed by atoms with Gasteiger partial charge < -0.3 is 0 Å². The van der Waals surface area contributed by atoms with E-state index in [9.17, 15) is 0 Å². The van der Waals surface area contributed by atoms with Crippen LogP contribution in [0.25, 0.3) is 0 Å². The van der Waals surface area contributed by atoms with Crippen LogP contribution in [0.2, 0.25) is 0 Å². The van der Waals surface area contributed by atoms with E-state index in [1.54, 1.807) is 0 Å². The van der Waals surface area contributed by atoms with Gasteiger partial charge in [-0.15, -0.1) is 0 Å². The van der Waals surface area contributed by atoms with Crippen LogP contribution in [0.1, 0.15) is 17.0 Å². The number of H-pyrrole nitrogens is 1. The summed E-state index contributed by atoms with van der Waals surface area (Å²) in [6.07, 6.45) is 4.03. The molecule has 0 fully saturated rings. The minimum atomic E-state index is 0.941. The molecule has 0 radical (unpaired) electrons. The van der Waals surface area contributed by atoms with Gasteiger partial charge >= 0.3 is 0 Å². The van der Waals surface area contributed by atoms with Crippen LogP contribution in [0.3, 0.4) is 0 Å². The van der Waals surface area contributed by atoms with Gasteiger partial charge in [-0.2, -0.15) is 0 Å². The van der Waals surface area contributed by atoms with Gasteiger partial charge in [0.1, 0.15) is 18.9 Å². The number of nitrogens with zero attached hydrogens (tertiary/aromatic N) is 1. The molecule has 2 nitrogen and oxygen atoms in total. The summed E-state index contributed by atoms with van der Waals surface area (Å²) in [5.74, 6) is 1.19. The van der Waals surface area contributed by atoms with Crippen molar-refractivity contribution in [2.75, 3.05) is 0 Å². The minimum Gasteiger partial charge on any atom is -0.248 e. The molecule has 0 aliphatic carbocycles. The molecule has 1 aromatic heterocycles. The predicted octanol–water partition coefficient (Wildman–Crippen LogP) is 1.97. The van der Waals surface area contributed by atoms with Crippen molar-refractivity contribution in [1.29, 1.82) is 0 Å². The molecule has 0 atom stereocenters. The van der Waals surface area contributed by atoms with E-state index in [1.807, 2.05) is 6.20 Å². The first-order valence-electron chi connectivity index (χ1n) is 4.84. The Labute approximate surface area is 84.2 Å². The second-order valence-electron chi connectivity index (χ2n) is 3.66. The van der Waals surface area contributed by atoms with Gasteiger partial charge in [0.25, 0.3) is 5.82 Å². The molecule has 1 aromatic carbocycles. The number of aromatic amines is 1. The van der Waals surface area contributed by atoms with Crippen molar-refractivity contribution >= 4 is 0 Å². The first-order valence-corrected chi connectivity index (χ1v) is 4.84. The molecule has 1 N–H and O–H groups in total. The molecule has 0 amide bonds. The van der Waals surface area contributed by atoms with Crippen molar-refractivity contribution in [2.45, 2.75) is 20.4 Å². The highest BCUT2D eigenvalue weighted by molar-refractivity contribution is 5.21. The van der Waals surface area contributed by atoms with Crippen molar-refractivity contribution in [2.24, 2.45) is 0 Å². The van der Waals surface area contributed by atoms with E-state index in [0.717, 1.165) is 6.54 Å². The average molecular weight is 187 g/mol. The highest BCUT2D eigenvalue weighted by atomic mass is 15.0. The zero-order chi connectivity index (χ0) is 9.97. The summed E-state index contributed by atoms with van der Waals surface area (Å²) in [5.41, 5.74) is 2.66. The molecule has 2 heteroatoms. The number of benzene rings is 1. The van der Waals surface area contributed by atoms with Crippen LogP contribution < -0.4 is 4.57 Å². The number of hydrogen-bond acceptors (Lipinski definition) is 0. The molecule has 0 bridgehead atoms. The lowest BCUT2D eigenvalue weighted by atomic mass is 10.1. The number of hydrogen-bond donors (Lipinski definition) is 1. The number of imidazole rings is 1. The summed E-state index contributed by atoms with van der Waals surface area (Å²) in [6, 6.07) is 8.61. The van der Waals surface area contributed by atoms with Crippen LogP contribution in [0.15, 0.2) is 36.7 Å². The molecule has 0 aliphatic heterocycles. The van der Waals surface area contributed by atoms with Gasteiger partial charge in [0.15, 0.2) is 0 Å². The monoisotopic (exact) mass is 187 g/mol. The van der Waals surface area contributed by atoms with Crippen molar-refractivity contribution in [3.63, 3.8) is 0 Å². The smallest absolute Gasteiger partial charge is 0.248 e. The first kappa shape index (κ1) is 9.00. The summed E-state index contributed by atoms with van der Waals surface area (Å²) in [4.78, 5) is 3.17. The number of aryl methyl sites for hydroxylation is 2. The Bertz CT molecular complexity index is 429. The largest absolute Gasteiger partial charge is 0.251 e. The third-order valence-electron chi connectivity index (χ3n) is 2.41. The normalized spacial score (nSPS) is 10.4. The second-order valence-corrected chi connectivity index (χ2v) is 3.66. The summed E-state index contributed by atoms with van der Waals surface area (Å²) >= 11 is 0. The van der Waals surface area contributed by atoms with Crippen molar-refractivity contribution in [3.8, 4) is 0 Å². The summed E-state index contributed by atoms with van der Waals surface area (Å²) < 4.78 is 2.20. The quantitative estimate of drug-likeness (QED) is 0.693. The maximum absolute atomic E-state index is 3.17. The van der Waals surface area contributed by atoms with Crippen LogP contribution in [0, 0.1) is 13.8 Å². The van der Waals surface area contributed by atoms with Crippen LogP contribution in [-0.4, -0.2) is 4.98 Å². The van der Waals surface area contributed by atoms with Crippen LogP contribution >= 0.6 is 0 Å². The lowest BCUT2D eigenvalue weighted by Crippen LogP contribution is -2.34. The fourth-order valence-electron chi connectivity index (χ4n) is 1.62. The Balaban J connectivity index is 2.23. The molecule has 2 rings (SSSR count). The standard InChI is InChI=1S/C12H14N2/c1-10-4-3-5-12(8-10)9-14-7-6-13-11(14)2/h3-8H,9H2,1-2H3/p+1. The van der Waals surface area contributed by atoms with E-state index < -0.39 is 0 Å². The number of aromatic nitrogens is 2. The van der Waals surface area contributed by atoms with Crippen molar-refractivity contribution in [1.82, 2.24) is 4.98 Å². The second kappa shape index (κ2) is 3.66. The minimum absolute atomic E-state index is 0.941. The van der Waals surface area contributed by atoms with Gasteiger partial charge in [0.05, 0.1) is 0 Å². The fourth-order valence-corrected chi connectivity index (χ4v) is 1.62. The first-order chi connectivity index (χ1) is 6.75. The van der Waals surface area contributed by atoms with Crippen LogP contribution in [0.4, 0.5) is 0 Å². The van der Waals surface area contributed by atoms with Gasteiger partial charge in [-0.05, 0) is 12.5 Å². The third-order valence-corrected chi connectivity index (χ3v) is 2.41. The maximum Gasteiger partial charge on any atom is 0.251 e. The molecule has 0 unspecified atom stereocenters. The van der Waals surface area contributed by atoms with Gasteiger partial charge in [-0.3, -0.25) is 0 Å². The molecule has 0 saturated heterocycles. The van der Waals surface area contributed by atoms with Gasteiger partial charge in [0.2, 0.25) is 0 Å². The number of nitrogens with one attached hydrogen (secondary N) is 1. The molecule has 72 valence electrons. The highest BCUT2D eigenvalue weighted by Gasteiger charge is 2.04. The zero-order valence-corrected chi connectivity index (χ0v) is 8.62. The Hall–Kier alpha value is -1.57. The zero-order valence-electron chi connectivity index (χ0n) is 8.62. The van der Waals surface area contributed by atoms with Gasteiger partial charge in [-0.1, -0.05) is 29.8 Å². The lowest BCUT2D eigenvalue weighted by molar-refractivity contribution is -0.693. The summed E-state index contributed by atoms with van der Waals surface area (Å²) in [6.45, 7) is 5.14. The SMILES string of the molecule is Cc1cccc(C[n+]2cc[nH]c2C)c1. The molecule has 2 aromatic rings. The van der Waals surface area contributed by atoms with Gasteiger partial charge in [-0.25, -0.2) is 9.55 Å². The topological polar surface area (TPSA) is 19.7 Å². The Morgan fingerprint density at radius 1 is 1.29 bits per heavy atom. The molecule has 0 spiro atoms. The Morgan fingerprint density at radius 3 is 2.79 bits per heavy atom. The Morgan fingerprint density at radius 2 is 2.14 bits per heavy atom. The Kier molecular flexibility index (Phi) is 2.35. The van der Waals surface area contributed by atoms with E-state index in [1.165, 1.54) is 17.0 Å². The van der Waals surface area contributed by atoms with E-state index in [-0.39, 0.29) is 0 Å². The molecular formula is C12H15N2+. The molecule has 0 aliphatic rings. The van der Waals surface area contributed by atoms with E-state index in [4.69, 9.17) is 0 Å². The van der Waals surface area contributed by atoms with Crippen LogP contribution in [0.5, 0.6) is 0 Å². The van der Waals surface area contributed by atoms with Crippen molar-refractivity contribution < 1.29 is 4.57 Å². The lowest BCUT2D eigenvalue weighted by Gasteiger charge is -2.00. The summed E-state index contributed by atoms with van der Waals surface area (Å²) in [7, 11) is 0. The molecule has 1 heterocycles. The van der Waals surface area contributed by atoms with Gasteiger partial charge in [0, 0.05) is 6.92 Å². The van der Waals surface area contributed by atoms with Crippen molar-refractivity contribution in [3.05, 3.63) is 53.6 Å². The fraction of sp³-hybridized carbons (Fsp3) is 0.250. The number of rotatable bonds is 2.